The minimum atomic E-state index is -0.122. The quantitative estimate of drug-likeness (QED) is 0.714. The van der Waals surface area contributed by atoms with Gasteiger partial charge in [0.15, 0.2) is 0 Å². The van der Waals surface area contributed by atoms with Gasteiger partial charge in [-0.2, -0.15) is 0 Å². The molecule has 1 fully saturated rings. The molecule has 1 aliphatic rings. The Balaban J connectivity index is 2.63. The van der Waals surface area contributed by atoms with Crippen LogP contribution >= 0.6 is 0 Å². The van der Waals surface area contributed by atoms with Crippen molar-refractivity contribution in [2.75, 3.05) is 19.6 Å². The number of amides is 1. The lowest BCUT2D eigenvalue weighted by Crippen LogP contribution is -2.50. The molecule has 1 saturated heterocycles. The molecule has 2 N–H and O–H groups in total. The van der Waals surface area contributed by atoms with Gasteiger partial charge in [-0.3, -0.25) is 4.79 Å². The molecule has 0 aromatic carbocycles. The number of carbonyl (C=O) groups is 1. The van der Waals surface area contributed by atoms with Gasteiger partial charge in [0, 0.05) is 13.1 Å². The summed E-state index contributed by atoms with van der Waals surface area (Å²) in [5.41, 5.74) is -0.122. The van der Waals surface area contributed by atoms with Crippen molar-refractivity contribution in [1.29, 1.82) is 0 Å². The van der Waals surface area contributed by atoms with Gasteiger partial charge >= 0.3 is 0 Å². The maximum atomic E-state index is 12.0. The van der Waals surface area contributed by atoms with Gasteiger partial charge in [0.25, 0.3) is 0 Å². The summed E-state index contributed by atoms with van der Waals surface area (Å²) in [6.07, 6.45) is 4.25. The van der Waals surface area contributed by atoms with Crippen molar-refractivity contribution in [3.63, 3.8) is 0 Å². The Hall–Kier alpha value is -0.570. The van der Waals surface area contributed by atoms with Gasteiger partial charge in [-0.1, -0.05) is 13.3 Å². The van der Waals surface area contributed by atoms with Gasteiger partial charge in [0.05, 0.1) is 5.41 Å². The van der Waals surface area contributed by atoms with E-state index in [1.807, 2.05) is 6.92 Å². The Labute approximate surface area is 86.6 Å². The first-order chi connectivity index (χ1) is 6.75. The molecular weight excluding hydrogens is 176 g/mol. The smallest absolute Gasteiger partial charge is 0.227 e. The molecule has 1 amide bonds. The maximum Gasteiger partial charge on any atom is 0.227 e. The van der Waals surface area contributed by atoms with Crippen molar-refractivity contribution in [2.45, 2.75) is 39.5 Å². The molecule has 3 heteroatoms. The SMILES string of the molecule is CCCC1(C(=O)NCC)CCCNC1. The number of piperidine rings is 1. The fourth-order valence-electron chi connectivity index (χ4n) is 2.32. The molecule has 0 aromatic rings. The van der Waals surface area contributed by atoms with Gasteiger partial charge < -0.3 is 10.6 Å². The van der Waals surface area contributed by atoms with Crippen LogP contribution in [0.3, 0.4) is 0 Å². The number of hydrogen-bond acceptors (Lipinski definition) is 2. The summed E-state index contributed by atoms with van der Waals surface area (Å²) < 4.78 is 0. The molecule has 1 rings (SSSR count). The Morgan fingerprint density at radius 1 is 1.50 bits per heavy atom. The average molecular weight is 198 g/mol. The van der Waals surface area contributed by atoms with Crippen molar-refractivity contribution in [3.8, 4) is 0 Å². The van der Waals surface area contributed by atoms with Crippen molar-refractivity contribution >= 4 is 5.91 Å². The number of rotatable bonds is 4. The minimum absolute atomic E-state index is 0.122. The monoisotopic (exact) mass is 198 g/mol. The van der Waals surface area contributed by atoms with Crippen LogP contribution in [0.2, 0.25) is 0 Å². The van der Waals surface area contributed by atoms with Gasteiger partial charge in [-0.05, 0) is 32.7 Å². The largest absolute Gasteiger partial charge is 0.356 e. The van der Waals surface area contributed by atoms with E-state index in [4.69, 9.17) is 0 Å². The van der Waals surface area contributed by atoms with E-state index in [2.05, 4.69) is 17.6 Å². The summed E-state index contributed by atoms with van der Waals surface area (Å²) in [6.45, 7) is 6.78. The molecule has 1 aliphatic heterocycles. The first-order valence-electron chi connectivity index (χ1n) is 5.74. The van der Waals surface area contributed by atoms with E-state index in [0.717, 1.165) is 45.3 Å². The first-order valence-corrected chi connectivity index (χ1v) is 5.74. The van der Waals surface area contributed by atoms with E-state index in [9.17, 15) is 4.79 Å². The molecule has 0 radical (unpaired) electrons. The molecule has 0 spiro atoms. The Morgan fingerprint density at radius 2 is 2.29 bits per heavy atom. The zero-order chi connectivity index (χ0) is 10.4. The fraction of sp³-hybridized carbons (Fsp3) is 0.909. The number of hydrogen-bond donors (Lipinski definition) is 2. The highest BCUT2D eigenvalue weighted by atomic mass is 16.2. The van der Waals surface area contributed by atoms with E-state index in [0.29, 0.717) is 0 Å². The number of carbonyl (C=O) groups excluding carboxylic acids is 1. The van der Waals surface area contributed by atoms with Crippen LogP contribution < -0.4 is 10.6 Å². The molecule has 1 unspecified atom stereocenters. The molecule has 1 heterocycles. The van der Waals surface area contributed by atoms with Crippen LogP contribution in [0.5, 0.6) is 0 Å². The third-order valence-corrected chi connectivity index (χ3v) is 3.02. The molecule has 1 atom stereocenters. The molecule has 82 valence electrons. The lowest BCUT2D eigenvalue weighted by Gasteiger charge is -2.36. The van der Waals surface area contributed by atoms with Gasteiger partial charge in [0.2, 0.25) is 5.91 Å². The first kappa shape index (κ1) is 11.5. The van der Waals surface area contributed by atoms with E-state index in [-0.39, 0.29) is 11.3 Å². The summed E-state index contributed by atoms with van der Waals surface area (Å²) in [4.78, 5) is 12.0. The van der Waals surface area contributed by atoms with Crippen LogP contribution in [0.15, 0.2) is 0 Å². The predicted molar refractivity (Wildman–Crippen MR) is 58.1 cm³/mol. The molecule has 3 nitrogen and oxygen atoms in total. The predicted octanol–water partition coefficient (Wildman–Crippen LogP) is 1.29. The fourth-order valence-corrected chi connectivity index (χ4v) is 2.32. The van der Waals surface area contributed by atoms with E-state index in [1.54, 1.807) is 0 Å². The average Bonchev–Trinajstić information content (AvgIpc) is 2.20. The summed E-state index contributed by atoms with van der Waals surface area (Å²) in [5.74, 6) is 0.244. The molecule has 0 bridgehead atoms. The zero-order valence-corrected chi connectivity index (χ0v) is 9.36. The number of nitrogens with one attached hydrogen (secondary N) is 2. The van der Waals surface area contributed by atoms with Crippen LogP contribution in [-0.4, -0.2) is 25.5 Å². The highest BCUT2D eigenvalue weighted by molar-refractivity contribution is 5.83. The summed E-state index contributed by atoms with van der Waals surface area (Å²) in [6, 6.07) is 0. The third kappa shape index (κ3) is 2.47. The zero-order valence-electron chi connectivity index (χ0n) is 9.36. The molecule has 0 aliphatic carbocycles. The lowest BCUT2D eigenvalue weighted by molar-refractivity contribution is -0.132. The van der Waals surface area contributed by atoms with E-state index >= 15 is 0 Å². The molecule has 0 aromatic heterocycles. The molecule has 0 saturated carbocycles. The van der Waals surface area contributed by atoms with Crippen LogP contribution in [0.25, 0.3) is 0 Å². The second-order valence-electron chi connectivity index (χ2n) is 4.17. The third-order valence-electron chi connectivity index (χ3n) is 3.02. The van der Waals surface area contributed by atoms with E-state index < -0.39 is 0 Å². The van der Waals surface area contributed by atoms with Crippen molar-refractivity contribution in [2.24, 2.45) is 5.41 Å². The van der Waals surface area contributed by atoms with Crippen molar-refractivity contribution < 1.29 is 4.79 Å². The summed E-state index contributed by atoms with van der Waals surface area (Å²) in [7, 11) is 0. The highest BCUT2D eigenvalue weighted by Crippen LogP contribution is 2.31. The highest BCUT2D eigenvalue weighted by Gasteiger charge is 2.37. The maximum absolute atomic E-state index is 12.0. The summed E-state index contributed by atoms with van der Waals surface area (Å²) in [5, 5.41) is 6.30. The lowest BCUT2D eigenvalue weighted by atomic mass is 9.76. The second kappa shape index (κ2) is 5.35. The topological polar surface area (TPSA) is 41.1 Å². The van der Waals surface area contributed by atoms with Gasteiger partial charge in [0.1, 0.15) is 0 Å². The Kier molecular flexibility index (Phi) is 4.39. The van der Waals surface area contributed by atoms with Gasteiger partial charge in [-0.15, -0.1) is 0 Å². The van der Waals surface area contributed by atoms with Crippen molar-refractivity contribution in [3.05, 3.63) is 0 Å². The van der Waals surface area contributed by atoms with Crippen LogP contribution in [0.4, 0.5) is 0 Å². The Bertz CT molecular complexity index is 180. The normalized spacial score (nSPS) is 27.3. The van der Waals surface area contributed by atoms with Crippen LogP contribution in [0, 0.1) is 5.41 Å². The summed E-state index contributed by atoms with van der Waals surface area (Å²) >= 11 is 0. The molecule has 14 heavy (non-hydrogen) atoms. The van der Waals surface area contributed by atoms with Crippen LogP contribution in [0.1, 0.15) is 39.5 Å². The van der Waals surface area contributed by atoms with E-state index in [1.165, 1.54) is 0 Å². The standard InChI is InChI=1S/C11H22N2O/c1-3-6-11(10(14)13-4-2)7-5-8-12-9-11/h12H,3-9H2,1-2H3,(H,13,14). The second-order valence-corrected chi connectivity index (χ2v) is 4.17. The van der Waals surface area contributed by atoms with Crippen LogP contribution in [-0.2, 0) is 4.79 Å². The van der Waals surface area contributed by atoms with Crippen molar-refractivity contribution in [1.82, 2.24) is 10.6 Å². The minimum Gasteiger partial charge on any atom is -0.356 e. The molecular formula is C11H22N2O. The Morgan fingerprint density at radius 3 is 2.79 bits per heavy atom. The van der Waals surface area contributed by atoms with Gasteiger partial charge in [-0.25, -0.2) is 0 Å².